The molecule has 0 radical (unpaired) electrons. The molecule has 21 heavy (non-hydrogen) atoms. The molecule has 0 fully saturated rings. The summed E-state index contributed by atoms with van der Waals surface area (Å²) in [7, 11) is 3.39. The van der Waals surface area contributed by atoms with Gasteiger partial charge in [0.2, 0.25) is 0 Å². The lowest BCUT2D eigenvalue weighted by Crippen LogP contribution is -2.58. The second-order valence-corrected chi connectivity index (χ2v) is 5.32. The Labute approximate surface area is 122 Å². The van der Waals surface area contributed by atoms with Crippen LogP contribution in [0.2, 0.25) is 0 Å². The standard InChI is InChI=1S/C15H20F3N3/c1-9(10(2)19-3)13-14(15(16,17)18)20-11-7-5-6-8-12(11)21(13)4/h5-8,10,13-14,19-20H,1H2,2-4H3. The lowest BCUT2D eigenvalue weighted by Gasteiger charge is -2.45. The largest absolute Gasteiger partial charge is 0.410 e. The van der Waals surface area contributed by atoms with Crippen molar-refractivity contribution in [3.8, 4) is 0 Å². The van der Waals surface area contributed by atoms with Gasteiger partial charge in [0.1, 0.15) is 6.04 Å². The third-order valence-electron chi connectivity index (χ3n) is 4.05. The van der Waals surface area contributed by atoms with Gasteiger partial charge in [-0.15, -0.1) is 0 Å². The highest BCUT2D eigenvalue weighted by Gasteiger charge is 2.50. The van der Waals surface area contributed by atoms with Crippen LogP contribution < -0.4 is 15.5 Å². The van der Waals surface area contributed by atoms with Crippen LogP contribution in [0, 0.1) is 0 Å². The molecule has 2 rings (SSSR count). The smallest absolute Gasteiger partial charge is 0.370 e. The minimum atomic E-state index is -4.36. The monoisotopic (exact) mass is 299 g/mol. The van der Waals surface area contributed by atoms with Gasteiger partial charge in [0.25, 0.3) is 0 Å². The lowest BCUT2D eigenvalue weighted by molar-refractivity contribution is -0.145. The summed E-state index contributed by atoms with van der Waals surface area (Å²) in [6, 6.07) is 4.24. The molecule has 3 atom stereocenters. The van der Waals surface area contributed by atoms with Gasteiger partial charge in [0.15, 0.2) is 0 Å². The number of fused-ring (bicyclic) bond motifs is 1. The third-order valence-corrected chi connectivity index (χ3v) is 4.05. The molecular weight excluding hydrogens is 279 g/mol. The molecule has 1 aliphatic rings. The van der Waals surface area contributed by atoms with Gasteiger partial charge in [-0.05, 0) is 31.7 Å². The van der Waals surface area contributed by atoms with E-state index in [0.29, 0.717) is 11.3 Å². The molecule has 0 saturated carbocycles. The zero-order valence-electron chi connectivity index (χ0n) is 12.3. The zero-order chi connectivity index (χ0) is 15.8. The number of halogens is 3. The van der Waals surface area contributed by atoms with Crippen molar-refractivity contribution >= 4 is 11.4 Å². The van der Waals surface area contributed by atoms with Crippen LogP contribution in [0.4, 0.5) is 24.5 Å². The number of likely N-dealkylation sites (N-methyl/N-ethyl adjacent to an activating group) is 2. The van der Waals surface area contributed by atoms with Gasteiger partial charge >= 0.3 is 6.18 Å². The second-order valence-electron chi connectivity index (χ2n) is 5.32. The maximum absolute atomic E-state index is 13.4. The van der Waals surface area contributed by atoms with Gasteiger partial charge in [-0.3, -0.25) is 0 Å². The number of alkyl halides is 3. The summed E-state index contributed by atoms with van der Waals surface area (Å²) >= 11 is 0. The summed E-state index contributed by atoms with van der Waals surface area (Å²) in [6.07, 6.45) is -4.36. The van der Waals surface area contributed by atoms with Crippen LogP contribution in [0.5, 0.6) is 0 Å². The van der Waals surface area contributed by atoms with E-state index < -0.39 is 18.3 Å². The van der Waals surface area contributed by atoms with Crippen molar-refractivity contribution in [2.24, 2.45) is 0 Å². The molecule has 0 bridgehead atoms. The Morgan fingerprint density at radius 3 is 2.57 bits per heavy atom. The molecule has 1 aromatic rings. The Balaban J connectivity index is 2.46. The predicted molar refractivity (Wildman–Crippen MR) is 79.8 cm³/mol. The van der Waals surface area contributed by atoms with Gasteiger partial charge < -0.3 is 15.5 Å². The molecule has 0 aliphatic carbocycles. The van der Waals surface area contributed by atoms with Crippen molar-refractivity contribution in [3.05, 3.63) is 36.4 Å². The molecule has 3 nitrogen and oxygen atoms in total. The average molecular weight is 299 g/mol. The molecule has 116 valence electrons. The molecule has 6 heteroatoms. The fraction of sp³-hybridized carbons (Fsp3) is 0.467. The molecular formula is C15H20F3N3. The SMILES string of the molecule is C=C(C(C)NC)C1C(C(F)(F)F)Nc2ccccc2N1C. The first kappa shape index (κ1) is 15.7. The molecule has 1 aliphatic heterocycles. The van der Waals surface area contributed by atoms with Crippen LogP contribution in [0.1, 0.15) is 6.92 Å². The topological polar surface area (TPSA) is 27.3 Å². The molecule has 0 saturated heterocycles. The maximum Gasteiger partial charge on any atom is 0.410 e. The summed E-state index contributed by atoms with van der Waals surface area (Å²) in [4.78, 5) is 1.65. The Kier molecular flexibility index (Phi) is 4.18. The van der Waals surface area contributed by atoms with Crippen LogP contribution in [-0.4, -0.2) is 38.4 Å². The first-order valence-electron chi connectivity index (χ1n) is 6.78. The van der Waals surface area contributed by atoms with E-state index in [1.54, 1.807) is 37.2 Å². The molecule has 0 amide bonds. The summed E-state index contributed by atoms with van der Waals surface area (Å²) in [5, 5.41) is 5.58. The van der Waals surface area contributed by atoms with E-state index in [4.69, 9.17) is 0 Å². The van der Waals surface area contributed by atoms with E-state index in [1.165, 1.54) is 0 Å². The van der Waals surface area contributed by atoms with Gasteiger partial charge in [0, 0.05) is 13.1 Å². The Morgan fingerprint density at radius 2 is 2.00 bits per heavy atom. The normalized spacial score (nSPS) is 23.2. The lowest BCUT2D eigenvalue weighted by atomic mass is 9.90. The number of benzene rings is 1. The first-order chi connectivity index (χ1) is 9.77. The maximum atomic E-state index is 13.4. The van der Waals surface area contributed by atoms with E-state index in [-0.39, 0.29) is 6.04 Å². The Bertz CT molecular complexity index is 527. The summed E-state index contributed by atoms with van der Waals surface area (Å²) in [5.41, 5.74) is 1.74. The minimum absolute atomic E-state index is 0.214. The second kappa shape index (κ2) is 5.60. The van der Waals surface area contributed by atoms with Crippen LogP contribution in [-0.2, 0) is 0 Å². The zero-order valence-corrected chi connectivity index (χ0v) is 12.3. The fourth-order valence-electron chi connectivity index (χ4n) is 2.69. The van der Waals surface area contributed by atoms with Crippen LogP contribution in [0.3, 0.4) is 0 Å². The van der Waals surface area contributed by atoms with Gasteiger partial charge in [-0.1, -0.05) is 18.7 Å². The van der Waals surface area contributed by atoms with E-state index >= 15 is 0 Å². The molecule has 0 spiro atoms. The summed E-state index contributed by atoms with van der Waals surface area (Å²) in [6.45, 7) is 5.70. The van der Waals surface area contributed by atoms with E-state index in [9.17, 15) is 13.2 Å². The third kappa shape index (κ3) is 2.85. The number of hydrogen-bond acceptors (Lipinski definition) is 3. The van der Waals surface area contributed by atoms with Crippen molar-refractivity contribution in [2.75, 3.05) is 24.3 Å². The Morgan fingerprint density at radius 1 is 1.38 bits per heavy atom. The molecule has 1 aromatic carbocycles. The van der Waals surface area contributed by atoms with Crippen molar-refractivity contribution in [3.63, 3.8) is 0 Å². The Hall–Kier alpha value is -1.69. The highest BCUT2D eigenvalue weighted by atomic mass is 19.4. The van der Waals surface area contributed by atoms with Crippen LogP contribution in [0.15, 0.2) is 36.4 Å². The molecule has 2 N–H and O–H groups in total. The number of para-hydroxylation sites is 2. The fourth-order valence-corrected chi connectivity index (χ4v) is 2.69. The van der Waals surface area contributed by atoms with Crippen LogP contribution >= 0.6 is 0 Å². The van der Waals surface area contributed by atoms with E-state index in [2.05, 4.69) is 17.2 Å². The van der Waals surface area contributed by atoms with E-state index in [0.717, 1.165) is 5.69 Å². The molecule has 1 heterocycles. The molecule has 0 aromatic heterocycles. The predicted octanol–water partition coefficient (Wildman–Crippen LogP) is 3.01. The number of hydrogen-bond donors (Lipinski definition) is 2. The van der Waals surface area contributed by atoms with E-state index in [1.807, 2.05) is 13.0 Å². The highest BCUT2D eigenvalue weighted by Crippen LogP contribution is 2.40. The number of nitrogens with zero attached hydrogens (tertiary/aromatic N) is 1. The van der Waals surface area contributed by atoms with Gasteiger partial charge in [0.05, 0.1) is 17.4 Å². The quantitative estimate of drug-likeness (QED) is 0.840. The first-order valence-corrected chi connectivity index (χ1v) is 6.78. The number of nitrogens with one attached hydrogen (secondary N) is 2. The van der Waals surface area contributed by atoms with Crippen molar-refractivity contribution in [1.29, 1.82) is 0 Å². The number of rotatable bonds is 3. The molecule has 3 unspecified atom stereocenters. The number of anilines is 2. The summed E-state index contributed by atoms with van der Waals surface area (Å²) < 4.78 is 40.3. The average Bonchev–Trinajstić information content (AvgIpc) is 2.44. The minimum Gasteiger partial charge on any atom is -0.370 e. The van der Waals surface area contributed by atoms with Gasteiger partial charge in [-0.2, -0.15) is 13.2 Å². The summed E-state index contributed by atoms with van der Waals surface area (Å²) in [5.74, 6) is 0. The van der Waals surface area contributed by atoms with Gasteiger partial charge in [-0.25, -0.2) is 0 Å². The highest BCUT2D eigenvalue weighted by molar-refractivity contribution is 5.74. The van der Waals surface area contributed by atoms with Crippen LogP contribution in [0.25, 0.3) is 0 Å². The van der Waals surface area contributed by atoms with Crippen molar-refractivity contribution < 1.29 is 13.2 Å². The van der Waals surface area contributed by atoms with Crippen molar-refractivity contribution in [1.82, 2.24) is 5.32 Å². The van der Waals surface area contributed by atoms with Crippen molar-refractivity contribution in [2.45, 2.75) is 31.2 Å².